The van der Waals surface area contributed by atoms with Crippen LogP contribution in [0.5, 0.6) is 5.75 Å². The summed E-state index contributed by atoms with van der Waals surface area (Å²) in [7, 11) is 0. The second kappa shape index (κ2) is 4.54. The summed E-state index contributed by atoms with van der Waals surface area (Å²) in [6.07, 6.45) is -2.88. The maximum Gasteiger partial charge on any atom is 0.409 e. The highest BCUT2D eigenvalue weighted by molar-refractivity contribution is 5.45. The molecular formula is C11H13F3N2O. The minimum absolute atomic E-state index is 0.0530. The lowest BCUT2D eigenvalue weighted by atomic mass is 9.98. The zero-order valence-corrected chi connectivity index (χ0v) is 9.05. The smallest absolute Gasteiger partial charge is 0.409 e. The summed E-state index contributed by atoms with van der Waals surface area (Å²) in [4.78, 5) is 0. The van der Waals surface area contributed by atoms with E-state index in [0.717, 1.165) is 18.4 Å². The molecule has 0 saturated heterocycles. The zero-order chi connectivity index (χ0) is 12.5. The molecular weight excluding hydrogens is 233 g/mol. The molecule has 1 aromatic carbocycles. The highest BCUT2D eigenvalue weighted by Crippen LogP contribution is 2.39. The van der Waals surface area contributed by atoms with Crippen LogP contribution >= 0.6 is 0 Å². The topological polar surface area (TPSA) is 47.3 Å². The first-order chi connectivity index (χ1) is 8.04. The number of hydrazine groups is 1. The van der Waals surface area contributed by atoms with Crippen LogP contribution in [0.15, 0.2) is 18.2 Å². The maximum absolute atomic E-state index is 12.8. The first-order valence-corrected chi connectivity index (χ1v) is 5.31. The fourth-order valence-corrected chi connectivity index (χ4v) is 2.00. The van der Waals surface area contributed by atoms with Gasteiger partial charge in [0.05, 0.1) is 6.61 Å². The summed E-state index contributed by atoms with van der Waals surface area (Å²) in [6.45, 7) is 0.444. The van der Waals surface area contributed by atoms with E-state index in [1.54, 1.807) is 17.6 Å². The van der Waals surface area contributed by atoms with Gasteiger partial charge in [0.15, 0.2) is 0 Å². The van der Waals surface area contributed by atoms with Crippen molar-refractivity contribution in [2.45, 2.75) is 25.1 Å². The summed E-state index contributed by atoms with van der Waals surface area (Å²) in [5.74, 6) is 5.32. The molecule has 0 amide bonds. The van der Waals surface area contributed by atoms with Crippen LogP contribution in [-0.4, -0.2) is 12.8 Å². The molecule has 1 unspecified atom stereocenters. The molecule has 3 N–H and O–H groups in total. The predicted octanol–water partition coefficient (Wildman–Crippen LogP) is 2.08. The van der Waals surface area contributed by atoms with Gasteiger partial charge in [-0.05, 0) is 18.4 Å². The number of nitrogens with one attached hydrogen (secondary N) is 1. The van der Waals surface area contributed by atoms with Crippen LogP contribution in [0, 0.1) is 0 Å². The second-order valence-electron chi connectivity index (χ2n) is 3.93. The monoisotopic (exact) mass is 246 g/mol. The van der Waals surface area contributed by atoms with Crippen molar-refractivity contribution in [1.29, 1.82) is 0 Å². The van der Waals surface area contributed by atoms with Gasteiger partial charge in [0.25, 0.3) is 0 Å². The molecule has 6 heteroatoms. The molecule has 0 fully saturated rings. The van der Waals surface area contributed by atoms with E-state index in [9.17, 15) is 13.2 Å². The van der Waals surface area contributed by atoms with Gasteiger partial charge in [0.2, 0.25) is 0 Å². The normalized spacial score (nSPS) is 17.2. The largest absolute Gasteiger partial charge is 0.493 e. The van der Waals surface area contributed by atoms with Crippen LogP contribution in [-0.2, 0) is 6.42 Å². The highest BCUT2D eigenvalue weighted by atomic mass is 19.4. The van der Waals surface area contributed by atoms with Crippen molar-refractivity contribution in [2.75, 3.05) is 6.61 Å². The van der Waals surface area contributed by atoms with Gasteiger partial charge < -0.3 is 4.74 Å². The first kappa shape index (κ1) is 12.2. The number of hydrogen-bond donors (Lipinski definition) is 2. The quantitative estimate of drug-likeness (QED) is 0.620. The summed E-state index contributed by atoms with van der Waals surface area (Å²) in [5, 5.41) is 0. The molecule has 0 saturated carbocycles. The van der Waals surface area contributed by atoms with E-state index < -0.39 is 12.2 Å². The van der Waals surface area contributed by atoms with E-state index in [1.807, 2.05) is 0 Å². The van der Waals surface area contributed by atoms with E-state index in [2.05, 4.69) is 0 Å². The van der Waals surface area contributed by atoms with Crippen molar-refractivity contribution >= 4 is 0 Å². The van der Waals surface area contributed by atoms with Crippen LogP contribution in [0.1, 0.15) is 23.6 Å². The van der Waals surface area contributed by atoms with Crippen LogP contribution in [0.2, 0.25) is 0 Å². The third-order valence-corrected chi connectivity index (χ3v) is 2.77. The molecule has 17 heavy (non-hydrogen) atoms. The molecule has 1 aliphatic heterocycles. The van der Waals surface area contributed by atoms with E-state index in [1.165, 1.54) is 6.07 Å². The number of halogens is 3. The lowest BCUT2D eigenvalue weighted by molar-refractivity contribution is -0.158. The predicted molar refractivity (Wildman–Crippen MR) is 56.4 cm³/mol. The van der Waals surface area contributed by atoms with Crippen LogP contribution in [0.3, 0.4) is 0 Å². The summed E-state index contributed by atoms with van der Waals surface area (Å²) in [5.41, 5.74) is 2.66. The van der Waals surface area contributed by atoms with Crippen molar-refractivity contribution in [2.24, 2.45) is 5.84 Å². The summed E-state index contributed by atoms with van der Waals surface area (Å²) < 4.78 is 43.7. The average Bonchev–Trinajstić information content (AvgIpc) is 2.28. The number of benzene rings is 1. The van der Waals surface area contributed by atoms with Gasteiger partial charge in [-0.2, -0.15) is 13.2 Å². The lowest BCUT2D eigenvalue weighted by Gasteiger charge is -2.26. The standard InChI is InChI=1S/C11H13F3N2O/c12-11(13,14)10(16-15)8-5-1-3-7-4-2-6-17-9(7)8/h1,3,5,10,16H,2,4,6,15H2. The van der Waals surface area contributed by atoms with Gasteiger partial charge in [-0.3, -0.25) is 5.84 Å². The van der Waals surface area contributed by atoms with E-state index in [0.29, 0.717) is 12.4 Å². The fourth-order valence-electron chi connectivity index (χ4n) is 2.00. The molecule has 94 valence electrons. The Morgan fingerprint density at radius 3 is 2.76 bits per heavy atom. The SMILES string of the molecule is NNC(c1cccc2c1OCCC2)C(F)(F)F. The highest BCUT2D eigenvalue weighted by Gasteiger charge is 2.42. The Kier molecular flexibility index (Phi) is 3.26. The average molecular weight is 246 g/mol. The van der Waals surface area contributed by atoms with E-state index >= 15 is 0 Å². The molecule has 1 heterocycles. The minimum atomic E-state index is -4.44. The van der Waals surface area contributed by atoms with Crippen LogP contribution in [0.25, 0.3) is 0 Å². The molecule has 1 aromatic rings. The number of hydrogen-bond acceptors (Lipinski definition) is 3. The van der Waals surface area contributed by atoms with E-state index in [-0.39, 0.29) is 5.56 Å². The van der Waals surface area contributed by atoms with Crippen molar-refractivity contribution in [3.8, 4) is 5.75 Å². The van der Waals surface area contributed by atoms with Gasteiger partial charge >= 0.3 is 6.18 Å². The third kappa shape index (κ3) is 2.37. The Bertz CT molecular complexity index is 406. The number of nitrogens with two attached hydrogens (primary N) is 1. The van der Waals surface area contributed by atoms with E-state index in [4.69, 9.17) is 10.6 Å². The Morgan fingerprint density at radius 2 is 2.12 bits per heavy atom. The van der Waals surface area contributed by atoms with Crippen LogP contribution in [0.4, 0.5) is 13.2 Å². The van der Waals surface area contributed by atoms with Crippen molar-refractivity contribution in [1.82, 2.24) is 5.43 Å². The number of alkyl halides is 3. The molecule has 0 aromatic heterocycles. The first-order valence-electron chi connectivity index (χ1n) is 5.31. The zero-order valence-electron chi connectivity index (χ0n) is 9.05. The van der Waals surface area contributed by atoms with Crippen molar-refractivity contribution in [3.05, 3.63) is 29.3 Å². The maximum atomic E-state index is 12.8. The van der Waals surface area contributed by atoms with Gasteiger partial charge in [-0.15, -0.1) is 0 Å². The number of rotatable bonds is 2. The summed E-state index contributed by atoms with van der Waals surface area (Å²) in [6, 6.07) is 2.87. The summed E-state index contributed by atoms with van der Waals surface area (Å²) >= 11 is 0. The fraction of sp³-hybridized carbons (Fsp3) is 0.455. The van der Waals surface area contributed by atoms with Crippen molar-refractivity contribution < 1.29 is 17.9 Å². The molecule has 0 spiro atoms. The molecule has 2 rings (SSSR count). The molecule has 1 aliphatic rings. The number of aryl methyl sites for hydroxylation is 1. The van der Waals surface area contributed by atoms with Gasteiger partial charge in [0, 0.05) is 5.56 Å². The Morgan fingerprint density at radius 1 is 1.35 bits per heavy atom. The second-order valence-corrected chi connectivity index (χ2v) is 3.93. The molecule has 0 aliphatic carbocycles. The minimum Gasteiger partial charge on any atom is -0.493 e. The van der Waals surface area contributed by atoms with Crippen LogP contribution < -0.4 is 16.0 Å². The Labute approximate surface area is 96.7 Å². The number of ether oxygens (including phenoxy) is 1. The number of para-hydroxylation sites is 1. The van der Waals surface area contributed by atoms with Gasteiger partial charge in [-0.25, -0.2) is 5.43 Å². The molecule has 0 radical (unpaired) electrons. The van der Waals surface area contributed by atoms with Gasteiger partial charge in [0.1, 0.15) is 11.8 Å². The number of fused-ring (bicyclic) bond motifs is 1. The molecule has 3 nitrogen and oxygen atoms in total. The lowest BCUT2D eigenvalue weighted by Crippen LogP contribution is -2.39. The molecule has 0 bridgehead atoms. The molecule has 1 atom stereocenters. The van der Waals surface area contributed by atoms with Gasteiger partial charge in [-0.1, -0.05) is 18.2 Å². The third-order valence-electron chi connectivity index (χ3n) is 2.77. The Balaban J connectivity index is 2.44. The Hall–Kier alpha value is -1.27. The van der Waals surface area contributed by atoms with Crippen molar-refractivity contribution in [3.63, 3.8) is 0 Å².